The number of thiophene rings is 1. The van der Waals surface area contributed by atoms with E-state index in [2.05, 4.69) is 16.9 Å². The molecule has 0 spiro atoms. The van der Waals surface area contributed by atoms with Gasteiger partial charge in [0.05, 0.1) is 18.0 Å². The monoisotopic (exact) mass is 284 g/mol. The van der Waals surface area contributed by atoms with Crippen molar-refractivity contribution < 1.29 is 0 Å². The molecule has 3 heterocycles. The molecule has 2 N–H and O–H groups in total. The molecule has 0 aliphatic heterocycles. The van der Waals surface area contributed by atoms with Gasteiger partial charge in [-0.2, -0.15) is 0 Å². The van der Waals surface area contributed by atoms with Crippen molar-refractivity contribution in [1.29, 1.82) is 0 Å². The Balaban J connectivity index is 1.91. The van der Waals surface area contributed by atoms with Gasteiger partial charge < -0.3 is 5.73 Å². The van der Waals surface area contributed by atoms with E-state index in [-0.39, 0.29) is 5.69 Å². The highest BCUT2D eigenvalue weighted by Crippen LogP contribution is 2.16. The molecule has 0 aromatic carbocycles. The average Bonchev–Trinajstić information content (AvgIpc) is 3.03. The van der Waals surface area contributed by atoms with Crippen molar-refractivity contribution in [3.63, 3.8) is 0 Å². The molecule has 0 fully saturated rings. The number of hydrogen-bond donors (Lipinski definition) is 1. The number of hydrogen-bond acceptors (Lipinski definition) is 4. The second kappa shape index (κ2) is 5.33. The molecular weight excluding hydrogens is 272 g/mol. The molecule has 0 saturated heterocycles. The predicted octanol–water partition coefficient (Wildman–Crippen LogP) is 0.916. The number of pyridine rings is 1. The van der Waals surface area contributed by atoms with E-state index in [1.807, 2.05) is 30.3 Å². The zero-order valence-corrected chi connectivity index (χ0v) is 11.4. The molecule has 0 amide bonds. The third-order valence-corrected chi connectivity index (χ3v) is 3.75. The fourth-order valence-electron chi connectivity index (χ4n) is 1.89. The number of nitrogens with two attached hydrogens (primary N) is 1. The molecular formula is C14H12N4OS. The number of fused-ring (bicyclic) bond motifs is 1. The van der Waals surface area contributed by atoms with Crippen LogP contribution in [-0.2, 0) is 6.54 Å². The number of aromatic nitrogens is 3. The van der Waals surface area contributed by atoms with Gasteiger partial charge in [0.15, 0.2) is 5.65 Å². The van der Waals surface area contributed by atoms with E-state index in [1.165, 1.54) is 9.08 Å². The highest BCUT2D eigenvalue weighted by atomic mass is 32.1. The number of rotatable bonds is 2. The van der Waals surface area contributed by atoms with Gasteiger partial charge in [-0.25, -0.2) is 9.48 Å². The molecule has 0 aliphatic carbocycles. The Morgan fingerprint density at radius 1 is 1.30 bits per heavy atom. The fraction of sp³-hybridized carbons (Fsp3) is 0.143. The first-order valence-electron chi connectivity index (χ1n) is 6.10. The van der Waals surface area contributed by atoms with Crippen LogP contribution in [0.25, 0.3) is 5.65 Å². The van der Waals surface area contributed by atoms with Crippen LogP contribution >= 0.6 is 11.3 Å². The van der Waals surface area contributed by atoms with E-state index >= 15 is 0 Å². The Morgan fingerprint density at radius 3 is 3.00 bits per heavy atom. The van der Waals surface area contributed by atoms with Crippen molar-refractivity contribution in [3.05, 3.63) is 56.8 Å². The Hall–Kier alpha value is -2.36. The van der Waals surface area contributed by atoms with E-state index in [4.69, 9.17) is 5.73 Å². The van der Waals surface area contributed by atoms with E-state index in [1.54, 1.807) is 17.5 Å². The summed E-state index contributed by atoms with van der Waals surface area (Å²) >= 11 is 1.55. The van der Waals surface area contributed by atoms with Crippen LogP contribution in [0.5, 0.6) is 0 Å². The quantitative estimate of drug-likeness (QED) is 0.712. The summed E-state index contributed by atoms with van der Waals surface area (Å²) in [5, 5.41) is 4.30. The maximum absolute atomic E-state index is 12.1. The lowest BCUT2D eigenvalue weighted by molar-refractivity contribution is 0.666. The molecule has 20 heavy (non-hydrogen) atoms. The summed E-state index contributed by atoms with van der Waals surface area (Å²) in [5.74, 6) is 5.80. The van der Waals surface area contributed by atoms with Crippen LogP contribution in [0.2, 0.25) is 0 Å². The second-order valence-corrected chi connectivity index (χ2v) is 5.31. The van der Waals surface area contributed by atoms with Gasteiger partial charge in [-0.05, 0) is 24.3 Å². The van der Waals surface area contributed by atoms with Gasteiger partial charge in [-0.1, -0.05) is 17.9 Å². The average molecular weight is 284 g/mol. The highest BCUT2D eigenvalue weighted by molar-refractivity contribution is 7.12. The summed E-state index contributed by atoms with van der Waals surface area (Å²) in [6.45, 7) is 0.800. The van der Waals surface area contributed by atoms with Crippen LogP contribution in [0.15, 0.2) is 41.3 Å². The topological polar surface area (TPSA) is 65.3 Å². The SMILES string of the molecule is NCC#Cc1ccc(Cn2nc3ccccn3c2=O)s1. The first kappa shape index (κ1) is 12.7. The molecule has 0 atom stereocenters. The van der Waals surface area contributed by atoms with Gasteiger partial charge in [-0.3, -0.25) is 4.40 Å². The lowest BCUT2D eigenvalue weighted by Crippen LogP contribution is -2.21. The van der Waals surface area contributed by atoms with Crippen molar-refractivity contribution in [1.82, 2.24) is 14.2 Å². The highest BCUT2D eigenvalue weighted by Gasteiger charge is 2.07. The van der Waals surface area contributed by atoms with Crippen LogP contribution in [0, 0.1) is 11.8 Å². The van der Waals surface area contributed by atoms with Crippen molar-refractivity contribution in [2.24, 2.45) is 5.73 Å². The van der Waals surface area contributed by atoms with E-state index < -0.39 is 0 Å². The first-order valence-corrected chi connectivity index (χ1v) is 6.91. The molecule has 6 heteroatoms. The normalized spacial score (nSPS) is 10.4. The first-order chi connectivity index (χ1) is 9.78. The largest absolute Gasteiger partial charge is 0.350 e. The minimum Gasteiger partial charge on any atom is -0.320 e. The van der Waals surface area contributed by atoms with Gasteiger partial charge in [0.1, 0.15) is 0 Å². The molecule has 0 radical (unpaired) electrons. The maximum atomic E-state index is 12.1. The van der Waals surface area contributed by atoms with E-state index in [0.29, 0.717) is 18.7 Å². The van der Waals surface area contributed by atoms with Crippen LogP contribution in [0.3, 0.4) is 0 Å². The zero-order chi connectivity index (χ0) is 13.9. The Bertz CT molecular complexity index is 862. The van der Waals surface area contributed by atoms with Crippen LogP contribution in [0.4, 0.5) is 0 Å². The van der Waals surface area contributed by atoms with Gasteiger partial charge in [0, 0.05) is 11.1 Å². The van der Waals surface area contributed by atoms with Gasteiger partial charge in [-0.15, -0.1) is 16.4 Å². The minimum atomic E-state index is -0.136. The smallest absolute Gasteiger partial charge is 0.320 e. The molecule has 0 saturated carbocycles. The standard InChI is InChI=1S/C14H12N4OS/c15-8-3-4-11-6-7-12(20-11)10-18-14(19)17-9-2-1-5-13(17)16-18/h1-2,5-7,9H,8,10,15H2. The van der Waals surface area contributed by atoms with Crippen molar-refractivity contribution in [2.75, 3.05) is 6.54 Å². The Kier molecular flexibility index (Phi) is 3.37. The van der Waals surface area contributed by atoms with Crippen LogP contribution < -0.4 is 11.4 Å². The van der Waals surface area contributed by atoms with E-state index in [0.717, 1.165) is 9.75 Å². The molecule has 3 aromatic heterocycles. The minimum absolute atomic E-state index is 0.136. The van der Waals surface area contributed by atoms with E-state index in [9.17, 15) is 4.79 Å². The Labute approximate surface area is 119 Å². The molecule has 3 aromatic rings. The zero-order valence-electron chi connectivity index (χ0n) is 10.6. The number of nitrogens with zero attached hydrogens (tertiary/aromatic N) is 3. The summed E-state index contributed by atoms with van der Waals surface area (Å²) in [7, 11) is 0. The van der Waals surface area contributed by atoms with Gasteiger partial charge >= 0.3 is 5.69 Å². The third-order valence-electron chi connectivity index (χ3n) is 2.77. The van der Waals surface area contributed by atoms with Gasteiger partial charge in [0.25, 0.3) is 0 Å². The van der Waals surface area contributed by atoms with Crippen LogP contribution in [-0.4, -0.2) is 20.7 Å². The fourth-order valence-corrected chi connectivity index (χ4v) is 2.75. The van der Waals surface area contributed by atoms with Crippen molar-refractivity contribution in [3.8, 4) is 11.8 Å². The van der Waals surface area contributed by atoms with Gasteiger partial charge in [0.2, 0.25) is 0 Å². The molecule has 5 nitrogen and oxygen atoms in total. The lowest BCUT2D eigenvalue weighted by atomic mass is 10.4. The Morgan fingerprint density at radius 2 is 2.20 bits per heavy atom. The summed E-state index contributed by atoms with van der Waals surface area (Å²) < 4.78 is 2.99. The molecule has 0 bridgehead atoms. The third kappa shape index (κ3) is 2.37. The predicted molar refractivity (Wildman–Crippen MR) is 78.8 cm³/mol. The van der Waals surface area contributed by atoms with Crippen molar-refractivity contribution >= 4 is 17.0 Å². The van der Waals surface area contributed by atoms with Crippen molar-refractivity contribution in [2.45, 2.75) is 6.54 Å². The summed E-state index contributed by atoms with van der Waals surface area (Å²) in [6.07, 6.45) is 1.72. The molecule has 0 aliphatic rings. The summed E-state index contributed by atoms with van der Waals surface area (Å²) in [4.78, 5) is 14.1. The molecule has 0 unspecified atom stereocenters. The second-order valence-electron chi connectivity index (χ2n) is 4.14. The summed E-state index contributed by atoms with van der Waals surface area (Å²) in [5.41, 5.74) is 5.86. The van der Waals surface area contributed by atoms with Crippen LogP contribution in [0.1, 0.15) is 9.75 Å². The summed E-state index contributed by atoms with van der Waals surface area (Å²) in [6, 6.07) is 9.37. The molecule has 100 valence electrons. The molecule has 3 rings (SSSR count). The lowest BCUT2D eigenvalue weighted by Gasteiger charge is -1.94. The maximum Gasteiger partial charge on any atom is 0.350 e.